The van der Waals surface area contributed by atoms with Crippen LogP contribution in [0.25, 0.3) is 0 Å². The molecule has 0 aromatic heterocycles. The summed E-state index contributed by atoms with van der Waals surface area (Å²) in [4.78, 5) is 34.9. The van der Waals surface area contributed by atoms with Crippen molar-refractivity contribution in [3.8, 4) is 0 Å². The van der Waals surface area contributed by atoms with Gasteiger partial charge in [-0.3, -0.25) is 4.79 Å². The van der Waals surface area contributed by atoms with Crippen LogP contribution in [-0.2, 0) is 9.59 Å². The first kappa shape index (κ1) is 13.6. The summed E-state index contributed by atoms with van der Waals surface area (Å²) in [5.74, 6) is -1.28. The number of nitroso groups, excluding NO2 is 1. The van der Waals surface area contributed by atoms with Crippen LogP contribution in [0.5, 0.6) is 0 Å². The SMILES string of the molecule is CC(C)C[C@H](N=O)C(=O)N1CCC[C@H]1C(=O)O. The van der Waals surface area contributed by atoms with E-state index in [0.29, 0.717) is 25.8 Å². The van der Waals surface area contributed by atoms with Crippen molar-refractivity contribution in [2.24, 2.45) is 11.1 Å². The topological polar surface area (TPSA) is 87.0 Å². The van der Waals surface area contributed by atoms with E-state index in [-0.39, 0.29) is 5.92 Å². The highest BCUT2D eigenvalue weighted by Gasteiger charge is 2.37. The van der Waals surface area contributed by atoms with Crippen LogP contribution in [-0.4, -0.2) is 40.5 Å². The number of aliphatic carboxylic acids is 1. The molecule has 2 atom stereocenters. The molecule has 0 bridgehead atoms. The number of hydrogen-bond acceptors (Lipinski definition) is 4. The third-order valence-electron chi connectivity index (χ3n) is 2.93. The van der Waals surface area contributed by atoms with Crippen LogP contribution < -0.4 is 0 Å². The number of carboxylic acid groups (broad SMARTS) is 1. The van der Waals surface area contributed by atoms with Gasteiger partial charge in [0.25, 0.3) is 5.91 Å². The molecule has 1 aliphatic rings. The maximum absolute atomic E-state index is 12.0. The van der Waals surface area contributed by atoms with E-state index in [1.54, 1.807) is 0 Å². The van der Waals surface area contributed by atoms with Crippen molar-refractivity contribution >= 4 is 11.9 Å². The van der Waals surface area contributed by atoms with Crippen molar-refractivity contribution in [1.29, 1.82) is 0 Å². The molecule has 1 rings (SSSR count). The van der Waals surface area contributed by atoms with Gasteiger partial charge in [-0.25, -0.2) is 4.79 Å². The van der Waals surface area contributed by atoms with Gasteiger partial charge in [-0.2, -0.15) is 0 Å². The first-order chi connectivity index (χ1) is 7.97. The monoisotopic (exact) mass is 242 g/mol. The second kappa shape index (κ2) is 5.75. The van der Waals surface area contributed by atoms with E-state index >= 15 is 0 Å². The van der Waals surface area contributed by atoms with Gasteiger partial charge in [0.15, 0.2) is 6.04 Å². The van der Waals surface area contributed by atoms with Gasteiger partial charge in [-0.1, -0.05) is 19.0 Å². The molecule has 0 radical (unpaired) electrons. The molecule has 1 aliphatic heterocycles. The Kier molecular flexibility index (Phi) is 4.60. The van der Waals surface area contributed by atoms with Gasteiger partial charge in [0.05, 0.1) is 0 Å². The summed E-state index contributed by atoms with van der Waals surface area (Å²) in [6.07, 6.45) is 1.48. The van der Waals surface area contributed by atoms with Crippen molar-refractivity contribution in [1.82, 2.24) is 4.90 Å². The molecule has 1 N–H and O–H groups in total. The Morgan fingerprint density at radius 3 is 2.59 bits per heavy atom. The molecule has 0 spiro atoms. The smallest absolute Gasteiger partial charge is 0.326 e. The molecule has 0 aliphatic carbocycles. The number of hydrogen-bond donors (Lipinski definition) is 1. The van der Waals surface area contributed by atoms with E-state index in [0.717, 1.165) is 0 Å². The molecule has 96 valence electrons. The second-order valence-electron chi connectivity index (χ2n) is 4.78. The second-order valence-corrected chi connectivity index (χ2v) is 4.78. The lowest BCUT2D eigenvalue weighted by Crippen LogP contribution is -2.45. The molecule has 1 fully saturated rings. The standard InChI is InChI=1S/C11H18N2O4/c1-7(2)6-8(12-17)10(14)13-5-3-4-9(13)11(15)16/h7-9H,3-6H2,1-2H3,(H,15,16)/t8-,9-/m0/s1. The lowest BCUT2D eigenvalue weighted by Gasteiger charge is -2.24. The Bertz CT molecular complexity index is 317. The van der Waals surface area contributed by atoms with E-state index in [2.05, 4.69) is 5.18 Å². The molecule has 1 heterocycles. The highest BCUT2D eigenvalue weighted by molar-refractivity contribution is 5.87. The molecule has 0 saturated carbocycles. The fourth-order valence-electron chi connectivity index (χ4n) is 2.11. The highest BCUT2D eigenvalue weighted by Crippen LogP contribution is 2.21. The zero-order valence-electron chi connectivity index (χ0n) is 10.1. The van der Waals surface area contributed by atoms with E-state index in [4.69, 9.17) is 5.11 Å². The van der Waals surface area contributed by atoms with E-state index in [1.165, 1.54) is 4.90 Å². The lowest BCUT2D eigenvalue weighted by atomic mass is 10.0. The maximum atomic E-state index is 12.0. The van der Waals surface area contributed by atoms with Crippen molar-refractivity contribution in [3.05, 3.63) is 4.91 Å². The van der Waals surface area contributed by atoms with E-state index in [9.17, 15) is 14.5 Å². The van der Waals surface area contributed by atoms with Crippen LogP contribution in [0.15, 0.2) is 5.18 Å². The Morgan fingerprint density at radius 1 is 1.47 bits per heavy atom. The van der Waals surface area contributed by atoms with Gasteiger partial charge < -0.3 is 10.0 Å². The first-order valence-electron chi connectivity index (χ1n) is 5.83. The molecular weight excluding hydrogens is 224 g/mol. The number of carboxylic acids is 1. The van der Waals surface area contributed by atoms with Crippen LogP contribution in [0.4, 0.5) is 0 Å². The first-order valence-corrected chi connectivity index (χ1v) is 5.83. The molecule has 1 amide bonds. The van der Waals surface area contributed by atoms with Crippen LogP contribution in [0.3, 0.4) is 0 Å². The normalized spacial score (nSPS) is 21.6. The Morgan fingerprint density at radius 2 is 2.12 bits per heavy atom. The number of amides is 1. The number of likely N-dealkylation sites (tertiary alicyclic amines) is 1. The zero-order chi connectivity index (χ0) is 13.0. The molecular formula is C11H18N2O4. The highest BCUT2D eigenvalue weighted by atomic mass is 16.4. The maximum Gasteiger partial charge on any atom is 0.326 e. The van der Waals surface area contributed by atoms with Gasteiger partial charge in [-0.15, -0.1) is 4.91 Å². The van der Waals surface area contributed by atoms with Gasteiger partial charge >= 0.3 is 5.97 Å². The van der Waals surface area contributed by atoms with Gasteiger partial charge in [0.2, 0.25) is 0 Å². The van der Waals surface area contributed by atoms with Crippen molar-refractivity contribution in [2.45, 2.75) is 45.2 Å². The quantitative estimate of drug-likeness (QED) is 0.735. The fourth-order valence-corrected chi connectivity index (χ4v) is 2.11. The molecule has 0 unspecified atom stereocenters. The number of nitrogens with zero attached hydrogens (tertiary/aromatic N) is 2. The van der Waals surface area contributed by atoms with Gasteiger partial charge in [-0.05, 0) is 25.2 Å². The molecule has 17 heavy (non-hydrogen) atoms. The fraction of sp³-hybridized carbons (Fsp3) is 0.818. The molecule has 0 aromatic rings. The minimum atomic E-state index is -1.01. The number of carbonyl (C=O) groups is 2. The molecule has 1 saturated heterocycles. The van der Waals surface area contributed by atoms with Crippen LogP contribution in [0, 0.1) is 10.8 Å². The number of carbonyl (C=O) groups excluding carboxylic acids is 1. The van der Waals surface area contributed by atoms with E-state index in [1.807, 2.05) is 13.8 Å². The predicted molar refractivity (Wildman–Crippen MR) is 61.4 cm³/mol. The van der Waals surface area contributed by atoms with Gasteiger partial charge in [0, 0.05) is 6.54 Å². The largest absolute Gasteiger partial charge is 0.480 e. The average Bonchev–Trinajstić information content (AvgIpc) is 2.73. The minimum absolute atomic E-state index is 0.174. The molecule has 6 heteroatoms. The summed E-state index contributed by atoms with van der Waals surface area (Å²) < 4.78 is 0. The summed E-state index contributed by atoms with van der Waals surface area (Å²) in [5, 5.41) is 11.8. The summed E-state index contributed by atoms with van der Waals surface area (Å²) in [7, 11) is 0. The Labute approximate surface area is 100.0 Å². The molecule has 6 nitrogen and oxygen atoms in total. The van der Waals surface area contributed by atoms with Crippen LogP contribution >= 0.6 is 0 Å². The average molecular weight is 242 g/mol. The lowest BCUT2D eigenvalue weighted by molar-refractivity contribution is -0.148. The summed E-state index contributed by atoms with van der Waals surface area (Å²) >= 11 is 0. The Hall–Kier alpha value is -1.46. The molecule has 0 aromatic carbocycles. The zero-order valence-corrected chi connectivity index (χ0v) is 10.1. The summed E-state index contributed by atoms with van der Waals surface area (Å²) in [5.41, 5.74) is 0. The Balaban J connectivity index is 2.73. The summed E-state index contributed by atoms with van der Waals surface area (Å²) in [6, 6.07) is -1.74. The van der Waals surface area contributed by atoms with Crippen LogP contribution in [0.2, 0.25) is 0 Å². The number of rotatable bonds is 5. The van der Waals surface area contributed by atoms with Crippen molar-refractivity contribution in [2.75, 3.05) is 6.54 Å². The third kappa shape index (κ3) is 3.25. The third-order valence-corrected chi connectivity index (χ3v) is 2.93. The van der Waals surface area contributed by atoms with Crippen molar-refractivity contribution in [3.63, 3.8) is 0 Å². The van der Waals surface area contributed by atoms with Gasteiger partial charge in [0.1, 0.15) is 6.04 Å². The predicted octanol–water partition coefficient (Wildman–Crippen LogP) is 1.24. The summed E-state index contributed by atoms with van der Waals surface area (Å²) in [6.45, 7) is 4.19. The van der Waals surface area contributed by atoms with E-state index < -0.39 is 24.0 Å². The van der Waals surface area contributed by atoms with Crippen molar-refractivity contribution < 1.29 is 14.7 Å². The minimum Gasteiger partial charge on any atom is -0.480 e. The van der Waals surface area contributed by atoms with Crippen LogP contribution in [0.1, 0.15) is 33.1 Å².